The summed E-state index contributed by atoms with van der Waals surface area (Å²) in [7, 11) is 0. The Labute approximate surface area is 98.3 Å². The number of ether oxygens (including phenoxy) is 1. The van der Waals surface area contributed by atoms with Crippen LogP contribution in [0.3, 0.4) is 0 Å². The van der Waals surface area contributed by atoms with Crippen molar-refractivity contribution in [2.75, 3.05) is 0 Å². The molecule has 0 bridgehead atoms. The second-order valence-corrected chi connectivity index (χ2v) is 3.90. The quantitative estimate of drug-likeness (QED) is 0.577. The zero-order valence-corrected chi connectivity index (χ0v) is 8.60. The van der Waals surface area contributed by atoms with Crippen LogP contribution in [0.25, 0.3) is 0 Å². The summed E-state index contributed by atoms with van der Waals surface area (Å²) in [5.74, 6) is 1.98. The third kappa shape index (κ3) is 1.40. The number of rotatable bonds is 0. The van der Waals surface area contributed by atoms with Crippen LogP contribution < -0.4 is 4.74 Å². The summed E-state index contributed by atoms with van der Waals surface area (Å²) in [6.45, 7) is 0. The molecule has 2 heteroatoms. The van der Waals surface area contributed by atoms with Gasteiger partial charge in [0.05, 0.1) is 0 Å². The van der Waals surface area contributed by atoms with E-state index in [1.54, 1.807) is 0 Å². The Kier molecular flexibility index (Phi) is 2.09. The summed E-state index contributed by atoms with van der Waals surface area (Å²) in [5.41, 5.74) is 2.55. The van der Waals surface area contributed by atoms with E-state index in [9.17, 15) is 0 Å². The van der Waals surface area contributed by atoms with Gasteiger partial charge in [-0.1, -0.05) is 0 Å². The van der Waals surface area contributed by atoms with Gasteiger partial charge in [-0.15, -0.1) is 0 Å². The van der Waals surface area contributed by atoms with Crippen molar-refractivity contribution in [3.05, 3.63) is 59.7 Å². The maximum atomic E-state index is 5.85. The molecule has 3 rings (SSSR count). The van der Waals surface area contributed by atoms with Crippen LogP contribution in [0.15, 0.2) is 48.5 Å². The van der Waals surface area contributed by atoms with Gasteiger partial charge in [-0.05, 0) is 0 Å². The Morgan fingerprint density at radius 1 is 0.800 bits per heavy atom. The monoisotopic (exact) mass is 188 g/mol. The van der Waals surface area contributed by atoms with E-state index in [2.05, 4.69) is 42.0 Å². The van der Waals surface area contributed by atoms with Gasteiger partial charge in [0.2, 0.25) is 0 Å². The number of para-hydroxylation sites is 2. The Balaban J connectivity index is 2.20. The normalized spacial score (nSPS) is 14.0. The molecule has 0 atom stereocenters. The van der Waals surface area contributed by atoms with Gasteiger partial charge in [-0.2, -0.15) is 0 Å². The van der Waals surface area contributed by atoms with Gasteiger partial charge in [0, 0.05) is 0 Å². The zero-order valence-electron chi connectivity index (χ0n) is 8.60. The van der Waals surface area contributed by atoms with Crippen molar-refractivity contribution in [3.8, 4) is 11.5 Å². The van der Waals surface area contributed by atoms with E-state index in [1.165, 1.54) is 11.1 Å². The summed E-state index contributed by atoms with van der Waals surface area (Å²) in [6, 6.07) is 16.5. The molecule has 2 aromatic rings. The first-order chi connectivity index (χ1) is 7.36. The van der Waals surface area contributed by atoms with Gasteiger partial charge < -0.3 is 0 Å². The van der Waals surface area contributed by atoms with Gasteiger partial charge in [0.1, 0.15) is 0 Å². The summed E-state index contributed by atoms with van der Waals surface area (Å²) in [4.78, 5) is 0. The average molecular weight is 188 g/mol. The molecule has 1 heterocycles. The van der Waals surface area contributed by atoms with E-state index in [1.807, 2.05) is 24.3 Å². The number of hydrogen-bond acceptors (Lipinski definition) is 1. The van der Waals surface area contributed by atoms with Gasteiger partial charge in [0.25, 0.3) is 0 Å². The van der Waals surface area contributed by atoms with Crippen molar-refractivity contribution in [2.45, 2.75) is 4.59 Å². The molecule has 0 aromatic heterocycles. The molecule has 0 spiro atoms. The van der Waals surface area contributed by atoms with E-state index in [0.717, 1.165) is 11.5 Å². The van der Waals surface area contributed by atoms with Gasteiger partial charge in [-0.25, -0.2) is 0 Å². The van der Waals surface area contributed by atoms with E-state index in [0.29, 0.717) is 4.59 Å². The van der Waals surface area contributed by atoms with E-state index in [-0.39, 0.29) is 0 Å². The summed E-state index contributed by atoms with van der Waals surface area (Å²) in [6.07, 6.45) is 0. The topological polar surface area (TPSA) is 9.23 Å². The van der Waals surface area contributed by atoms with Crippen LogP contribution in [-0.2, 0) is 0 Å². The molecule has 0 saturated heterocycles. The third-order valence-corrected chi connectivity index (χ3v) is 2.99. The third-order valence-electron chi connectivity index (χ3n) is 2.99. The van der Waals surface area contributed by atoms with Crippen LogP contribution in [0.5, 0.6) is 11.5 Å². The first-order valence-electron chi connectivity index (χ1n) is 5.22. The fourth-order valence-electron chi connectivity index (χ4n) is 2.15. The summed E-state index contributed by atoms with van der Waals surface area (Å²) in [5, 5.41) is 0. The van der Waals surface area contributed by atoms with Crippen molar-refractivity contribution >= 4 is 17.7 Å². The van der Waals surface area contributed by atoms with E-state index in [4.69, 9.17) is 4.74 Å². The van der Waals surface area contributed by atoms with Crippen LogP contribution in [0.4, 0.5) is 0 Å². The van der Waals surface area contributed by atoms with Crippen molar-refractivity contribution in [1.29, 1.82) is 0 Å². The molecule has 0 saturated carbocycles. The SMILES string of the molecule is [Li][CH]1c2ccccc2Oc2ccccc21. The molecule has 0 fully saturated rings. The fraction of sp³-hybridized carbons (Fsp3) is 0.0769. The van der Waals surface area contributed by atoms with Crippen LogP contribution in [-0.4, -0.2) is 17.7 Å². The first kappa shape index (κ1) is 9.09. The van der Waals surface area contributed by atoms with Crippen molar-refractivity contribution in [1.82, 2.24) is 0 Å². The molecule has 1 aliphatic rings. The Morgan fingerprint density at radius 3 is 1.80 bits per heavy atom. The Morgan fingerprint density at radius 2 is 1.27 bits per heavy atom. The Hall–Kier alpha value is -1.16. The van der Waals surface area contributed by atoms with Gasteiger partial charge >= 0.3 is 98.2 Å². The molecule has 0 aliphatic carbocycles. The van der Waals surface area contributed by atoms with Crippen LogP contribution in [0.2, 0.25) is 0 Å². The molecule has 2 aromatic carbocycles. The summed E-state index contributed by atoms with van der Waals surface area (Å²) < 4.78 is 6.27. The molecule has 0 radical (unpaired) electrons. The molecule has 1 nitrogen and oxygen atoms in total. The van der Waals surface area contributed by atoms with Crippen LogP contribution >= 0.6 is 0 Å². The average Bonchev–Trinajstić information content (AvgIpc) is 2.30. The predicted octanol–water partition coefficient (Wildman–Crippen LogP) is 3.05. The molecule has 0 N–H and O–H groups in total. The molecule has 68 valence electrons. The molecular formula is C13H9LiO. The standard InChI is InChI=1S/C13H9O.Li/c1-3-7-12-10(5-1)9-11-6-2-4-8-13(11)14-12;/h1-9H;. The van der Waals surface area contributed by atoms with E-state index >= 15 is 0 Å². The second kappa shape index (κ2) is 3.45. The van der Waals surface area contributed by atoms with Crippen molar-refractivity contribution in [3.63, 3.8) is 0 Å². The molecule has 0 amide bonds. The maximum absolute atomic E-state index is 5.85. The van der Waals surface area contributed by atoms with Crippen LogP contribution in [0, 0.1) is 0 Å². The number of hydrogen-bond donors (Lipinski definition) is 0. The van der Waals surface area contributed by atoms with Gasteiger partial charge in [0.15, 0.2) is 0 Å². The molecular weight excluding hydrogens is 179 g/mol. The van der Waals surface area contributed by atoms with Gasteiger partial charge in [-0.3, -0.25) is 0 Å². The minimum absolute atomic E-state index is 0.422. The predicted molar refractivity (Wildman–Crippen MR) is 60.6 cm³/mol. The molecule has 1 aliphatic heterocycles. The van der Waals surface area contributed by atoms with Crippen molar-refractivity contribution < 1.29 is 4.74 Å². The van der Waals surface area contributed by atoms with Crippen LogP contribution in [0.1, 0.15) is 15.7 Å². The second-order valence-electron chi connectivity index (χ2n) is 3.90. The number of benzene rings is 2. The van der Waals surface area contributed by atoms with Crippen molar-refractivity contribution in [2.24, 2.45) is 0 Å². The number of fused-ring (bicyclic) bond motifs is 2. The minimum atomic E-state index is 0.422. The first-order valence-corrected chi connectivity index (χ1v) is 5.22. The molecule has 0 unspecified atom stereocenters. The molecule has 15 heavy (non-hydrogen) atoms. The Bertz CT molecular complexity index is 462. The summed E-state index contributed by atoms with van der Waals surface area (Å²) >= 11 is 2.22. The zero-order chi connectivity index (χ0) is 10.3. The van der Waals surface area contributed by atoms with E-state index < -0.39 is 0 Å². The fourth-order valence-corrected chi connectivity index (χ4v) is 2.15.